The quantitative estimate of drug-likeness (QED) is 0.800. The van der Waals surface area contributed by atoms with Crippen molar-refractivity contribution in [3.63, 3.8) is 0 Å². The van der Waals surface area contributed by atoms with E-state index < -0.39 is 0 Å². The van der Waals surface area contributed by atoms with Gasteiger partial charge < -0.3 is 9.47 Å². The highest BCUT2D eigenvalue weighted by atomic mass is 16.5. The first-order chi connectivity index (χ1) is 9.76. The first-order valence-corrected chi connectivity index (χ1v) is 7.17. The Morgan fingerprint density at radius 1 is 1.50 bits per heavy atom. The van der Waals surface area contributed by atoms with Crippen LogP contribution in [0.1, 0.15) is 30.9 Å². The van der Waals surface area contributed by atoms with Crippen LogP contribution in [0.25, 0.3) is 0 Å². The summed E-state index contributed by atoms with van der Waals surface area (Å²) in [5, 5.41) is 9.02. The molecular weight excluding hydrogens is 252 g/mol. The van der Waals surface area contributed by atoms with E-state index in [1.54, 1.807) is 13.2 Å². The predicted molar refractivity (Wildman–Crippen MR) is 77.6 cm³/mol. The van der Waals surface area contributed by atoms with Gasteiger partial charge in [-0.25, -0.2) is 0 Å². The predicted octanol–water partition coefficient (Wildman–Crippen LogP) is 2.57. The van der Waals surface area contributed by atoms with Crippen molar-refractivity contribution in [2.24, 2.45) is 0 Å². The highest BCUT2D eigenvalue weighted by molar-refractivity contribution is 5.42. The van der Waals surface area contributed by atoms with Crippen molar-refractivity contribution in [3.8, 4) is 11.8 Å². The topological polar surface area (TPSA) is 45.5 Å². The largest absolute Gasteiger partial charge is 0.496 e. The number of hydrogen-bond acceptors (Lipinski definition) is 4. The second-order valence-corrected chi connectivity index (χ2v) is 5.10. The molecule has 1 heterocycles. The second-order valence-electron chi connectivity index (χ2n) is 5.10. The summed E-state index contributed by atoms with van der Waals surface area (Å²) in [6, 6.07) is 7.76. The van der Waals surface area contributed by atoms with Crippen LogP contribution in [0.5, 0.6) is 5.75 Å². The van der Waals surface area contributed by atoms with Crippen molar-refractivity contribution < 1.29 is 9.47 Å². The molecule has 0 bridgehead atoms. The van der Waals surface area contributed by atoms with Gasteiger partial charge in [0.05, 0.1) is 24.8 Å². The Balaban J connectivity index is 2.07. The number of benzene rings is 1. The molecule has 0 N–H and O–H groups in total. The minimum absolute atomic E-state index is 0.347. The number of ether oxygens (including phenoxy) is 2. The van der Waals surface area contributed by atoms with Crippen LogP contribution in [-0.2, 0) is 11.3 Å². The van der Waals surface area contributed by atoms with Crippen LogP contribution in [0.3, 0.4) is 0 Å². The second kappa shape index (κ2) is 7.28. The van der Waals surface area contributed by atoms with Crippen molar-refractivity contribution in [1.29, 1.82) is 5.26 Å². The molecule has 1 unspecified atom stereocenters. The van der Waals surface area contributed by atoms with Crippen LogP contribution in [0.4, 0.5) is 0 Å². The molecule has 108 valence electrons. The number of likely N-dealkylation sites (N-methyl/N-ethyl adjacent to an activating group) is 1. The van der Waals surface area contributed by atoms with E-state index in [1.165, 1.54) is 0 Å². The van der Waals surface area contributed by atoms with Gasteiger partial charge in [-0.15, -0.1) is 0 Å². The van der Waals surface area contributed by atoms with Gasteiger partial charge in [0.1, 0.15) is 5.75 Å². The molecule has 0 radical (unpaired) electrons. The number of nitriles is 1. The van der Waals surface area contributed by atoms with E-state index in [9.17, 15) is 0 Å². The van der Waals surface area contributed by atoms with Crippen LogP contribution >= 0.6 is 0 Å². The van der Waals surface area contributed by atoms with Crippen LogP contribution in [0.2, 0.25) is 0 Å². The molecule has 1 aromatic carbocycles. The molecule has 0 saturated carbocycles. The number of rotatable bonds is 6. The zero-order chi connectivity index (χ0) is 14.4. The van der Waals surface area contributed by atoms with Gasteiger partial charge in [0.15, 0.2) is 0 Å². The Morgan fingerprint density at radius 2 is 2.35 bits per heavy atom. The van der Waals surface area contributed by atoms with E-state index in [-0.39, 0.29) is 0 Å². The molecular formula is C16H22N2O2. The zero-order valence-corrected chi connectivity index (χ0v) is 12.3. The summed E-state index contributed by atoms with van der Waals surface area (Å²) in [5.74, 6) is 0.842. The van der Waals surface area contributed by atoms with E-state index in [4.69, 9.17) is 14.7 Å². The summed E-state index contributed by atoms with van der Waals surface area (Å²) in [6.07, 6.45) is 2.65. The third-order valence-electron chi connectivity index (χ3n) is 3.74. The van der Waals surface area contributed by atoms with Gasteiger partial charge in [-0.05, 0) is 37.6 Å². The fourth-order valence-electron chi connectivity index (χ4n) is 2.59. The Kier molecular flexibility index (Phi) is 5.40. The normalized spacial score (nSPS) is 18.2. The molecule has 4 nitrogen and oxygen atoms in total. The smallest absolute Gasteiger partial charge is 0.123 e. The van der Waals surface area contributed by atoms with Crippen molar-refractivity contribution in [1.82, 2.24) is 4.90 Å². The number of hydrogen-bond donors (Lipinski definition) is 0. The van der Waals surface area contributed by atoms with E-state index in [2.05, 4.69) is 17.9 Å². The summed E-state index contributed by atoms with van der Waals surface area (Å²) in [4.78, 5) is 2.34. The zero-order valence-electron chi connectivity index (χ0n) is 12.3. The van der Waals surface area contributed by atoms with Crippen LogP contribution < -0.4 is 4.74 Å². The van der Waals surface area contributed by atoms with E-state index in [1.807, 2.05) is 12.1 Å². The third kappa shape index (κ3) is 3.72. The van der Waals surface area contributed by atoms with Crippen molar-refractivity contribution in [3.05, 3.63) is 29.3 Å². The van der Waals surface area contributed by atoms with Crippen LogP contribution in [-0.4, -0.2) is 37.8 Å². The van der Waals surface area contributed by atoms with E-state index in [0.29, 0.717) is 11.7 Å². The van der Waals surface area contributed by atoms with Gasteiger partial charge in [0.25, 0.3) is 0 Å². The monoisotopic (exact) mass is 274 g/mol. The fraction of sp³-hybridized carbons (Fsp3) is 0.562. The van der Waals surface area contributed by atoms with Gasteiger partial charge in [0.2, 0.25) is 0 Å². The Labute approximate surface area is 120 Å². The molecule has 1 atom stereocenters. The van der Waals surface area contributed by atoms with Gasteiger partial charge in [0, 0.05) is 25.3 Å². The van der Waals surface area contributed by atoms with Gasteiger partial charge >= 0.3 is 0 Å². The van der Waals surface area contributed by atoms with Crippen molar-refractivity contribution in [2.45, 2.75) is 32.4 Å². The van der Waals surface area contributed by atoms with Crippen molar-refractivity contribution >= 4 is 0 Å². The molecule has 4 heteroatoms. The number of methoxy groups -OCH3 is 1. The third-order valence-corrected chi connectivity index (χ3v) is 3.74. The highest BCUT2D eigenvalue weighted by Crippen LogP contribution is 2.22. The molecule has 20 heavy (non-hydrogen) atoms. The van der Waals surface area contributed by atoms with Crippen LogP contribution in [0.15, 0.2) is 18.2 Å². The molecule has 2 rings (SSSR count). The lowest BCUT2D eigenvalue weighted by Crippen LogP contribution is -2.31. The maximum absolute atomic E-state index is 9.02. The Morgan fingerprint density at radius 3 is 2.95 bits per heavy atom. The molecule has 0 spiro atoms. The minimum atomic E-state index is 0.347. The summed E-state index contributed by atoms with van der Waals surface area (Å²) < 4.78 is 11.1. The summed E-state index contributed by atoms with van der Waals surface area (Å²) in [5.41, 5.74) is 1.74. The minimum Gasteiger partial charge on any atom is -0.496 e. The summed E-state index contributed by atoms with van der Waals surface area (Å²) in [7, 11) is 1.67. The lowest BCUT2D eigenvalue weighted by Gasteiger charge is -2.24. The molecule has 0 aromatic heterocycles. The Hall–Kier alpha value is -1.57. The molecule has 1 aliphatic rings. The van der Waals surface area contributed by atoms with E-state index in [0.717, 1.165) is 50.4 Å². The Bertz CT molecular complexity index is 476. The van der Waals surface area contributed by atoms with Gasteiger partial charge in [-0.1, -0.05) is 6.92 Å². The lowest BCUT2D eigenvalue weighted by molar-refractivity contribution is 0.0722. The molecule has 1 saturated heterocycles. The molecule has 0 aliphatic carbocycles. The maximum atomic E-state index is 9.02. The maximum Gasteiger partial charge on any atom is 0.123 e. The first kappa shape index (κ1) is 14.8. The SMILES string of the molecule is CCN(Cc1cc(C#N)ccc1OC)CC1CCCO1. The molecule has 1 aromatic rings. The summed E-state index contributed by atoms with van der Waals surface area (Å²) >= 11 is 0. The van der Waals surface area contributed by atoms with Gasteiger partial charge in [-0.3, -0.25) is 4.90 Å². The van der Waals surface area contributed by atoms with Crippen LogP contribution in [0, 0.1) is 11.3 Å². The molecule has 0 amide bonds. The number of nitrogens with zero attached hydrogens (tertiary/aromatic N) is 2. The molecule has 1 fully saturated rings. The standard InChI is InChI=1S/C16H22N2O2/c1-3-18(12-15-5-4-8-20-15)11-14-9-13(10-17)6-7-16(14)19-2/h6-7,9,15H,3-5,8,11-12H2,1-2H3. The summed E-state index contributed by atoms with van der Waals surface area (Å²) in [6.45, 7) is 5.72. The van der Waals surface area contributed by atoms with E-state index >= 15 is 0 Å². The van der Waals surface area contributed by atoms with Gasteiger partial charge in [-0.2, -0.15) is 5.26 Å². The fourth-order valence-corrected chi connectivity index (χ4v) is 2.59. The average molecular weight is 274 g/mol. The average Bonchev–Trinajstić information content (AvgIpc) is 2.99. The lowest BCUT2D eigenvalue weighted by atomic mass is 10.1. The first-order valence-electron chi connectivity index (χ1n) is 7.17. The van der Waals surface area contributed by atoms with Crippen molar-refractivity contribution in [2.75, 3.05) is 26.8 Å². The highest BCUT2D eigenvalue weighted by Gasteiger charge is 2.19. The molecule has 1 aliphatic heterocycles.